The second-order valence-electron chi connectivity index (χ2n) is 9.93. The van der Waals surface area contributed by atoms with Crippen LogP contribution in [0.25, 0.3) is 0 Å². The summed E-state index contributed by atoms with van der Waals surface area (Å²) >= 11 is 3.27. The number of hydrogen-bond acceptors (Lipinski definition) is 6. The second-order valence-corrected chi connectivity index (χ2v) is 11.9. The minimum atomic E-state index is 0.0548. The van der Waals surface area contributed by atoms with Crippen LogP contribution >= 0.6 is 22.7 Å². The van der Waals surface area contributed by atoms with Gasteiger partial charge < -0.3 is 19.9 Å². The number of rotatable bonds is 12. The lowest BCUT2D eigenvalue weighted by Crippen LogP contribution is -2.48. The zero-order valence-corrected chi connectivity index (χ0v) is 24.1. The number of likely N-dealkylation sites (tertiary alicyclic amines) is 1. The SMILES string of the molecule is CNCCC(Oc1ccccc1CCN1CCC(N(C(=O)c2cccs2)c2ccccc2)CC1)c1cccs1. The summed E-state index contributed by atoms with van der Waals surface area (Å²) in [4.78, 5) is 20.1. The lowest BCUT2D eigenvalue weighted by molar-refractivity contribution is 0.0964. The van der Waals surface area contributed by atoms with E-state index in [9.17, 15) is 4.79 Å². The van der Waals surface area contributed by atoms with Gasteiger partial charge in [0, 0.05) is 42.7 Å². The molecule has 0 radical (unpaired) electrons. The number of anilines is 1. The molecule has 5 nitrogen and oxygen atoms in total. The minimum Gasteiger partial charge on any atom is -0.485 e. The van der Waals surface area contributed by atoms with Gasteiger partial charge in [-0.15, -0.1) is 22.7 Å². The first-order valence-electron chi connectivity index (χ1n) is 13.8. The van der Waals surface area contributed by atoms with Crippen LogP contribution in [-0.2, 0) is 6.42 Å². The van der Waals surface area contributed by atoms with Crippen molar-refractivity contribution >= 4 is 34.3 Å². The maximum Gasteiger partial charge on any atom is 0.268 e. The lowest BCUT2D eigenvalue weighted by Gasteiger charge is -2.38. The minimum absolute atomic E-state index is 0.0548. The average molecular weight is 560 g/mol. The molecule has 7 heteroatoms. The summed E-state index contributed by atoms with van der Waals surface area (Å²) in [5, 5.41) is 7.35. The summed E-state index contributed by atoms with van der Waals surface area (Å²) in [6.07, 6.45) is 3.87. The molecule has 1 saturated heterocycles. The Labute approximate surface area is 240 Å². The fourth-order valence-electron chi connectivity index (χ4n) is 5.27. The lowest BCUT2D eigenvalue weighted by atomic mass is 10.0. The molecule has 0 bridgehead atoms. The first-order valence-corrected chi connectivity index (χ1v) is 15.6. The molecule has 4 aromatic rings. The molecule has 1 unspecified atom stereocenters. The highest BCUT2D eigenvalue weighted by Crippen LogP contribution is 2.31. The Morgan fingerprint density at radius 3 is 2.44 bits per heavy atom. The number of nitrogens with zero attached hydrogens (tertiary/aromatic N) is 2. The molecule has 5 rings (SSSR count). The summed E-state index contributed by atoms with van der Waals surface area (Å²) in [5.74, 6) is 1.10. The van der Waals surface area contributed by atoms with Crippen molar-refractivity contribution in [1.29, 1.82) is 0 Å². The monoisotopic (exact) mass is 559 g/mol. The number of carbonyl (C=O) groups is 1. The van der Waals surface area contributed by atoms with E-state index in [-0.39, 0.29) is 18.1 Å². The molecule has 0 spiro atoms. The van der Waals surface area contributed by atoms with Gasteiger partial charge in [-0.1, -0.05) is 48.5 Å². The van der Waals surface area contributed by atoms with Crippen LogP contribution in [0.4, 0.5) is 5.69 Å². The number of para-hydroxylation sites is 2. The molecule has 1 atom stereocenters. The van der Waals surface area contributed by atoms with Gasteiger partial charge >= 0.3 is 0 Å². The quantitative estimate of drug-likeness (QED) is 0.205. The van der Waals surface area contributed by atoms with E-state index in [0.29, 0.717) is 0 Å². The third-order valence-electron chi connectivity index (χ3n) is 7.36. The average Bonchev–Trinajstić information content (AvgIpc) is 3.72. The molecule has 2 aromatic heterocycles. The Kier molecular flexibility index (Phi) is 9.83. The molecule has 1 aliphatic rings. The number of carbonyl (C=O) groups excluding carboxylic acids is 1. The first-order chi connectivity index (χ1) is 19.2. The van der Waals surface area contributed by atoms with E-state index in [0.717, 1.165) is 68.2 Å². The van der Waals surface area contributed by atoms with Crippen molar-refractivity contribution < 1.29 is 9.53 Å². The van der Waals surface area contributed by atoms with Gasteiger partial charge in [0.1, 0.15) is 11.9 Å². The Balaban J connectivity index is 1.20. The summed E-state index contributed by atoms with van der Waals surface area (Å²) in [7, 11) is 1.99. The number of benzene rings is 2. The number of piperidine rings is 1. The largest absolute Gasteiger partial charge is 0.485 e. The van der Waals surface area contributed by atoms with Gasteiger partial charge in [0.2, 0.25) is 0 Å². The summed E-state index contributed by atoms with van der Waals surface area (Å²) in [5.41, 5.74) is 2.24. The van der Waals surface area contributed by atoms with Crippen LogP contribution in [0.2, 0.25) is 0 Å². The molecule has 204 valence electrons. The fraction of sp³-hybridized carbons (Fsp3) is 0.344. The van der Waals surface area contributed by atoms with Crippen LogP contribution in [0, 0.1) is 0 Å². The van der Waals surface area contributed by atoms with Crippen LogP contribution in [0.1, 0.15) is 45.5 Å². The molecule has 39 heavy (non-hydrogen) atoms. The van der Waals surface area contributed by atoms with E-state index < -0.39 is 0 Å². The summed E-state index contributed by atoms with van der Waals surface area (Å²) < 4.78 is 6.60. The fourth-order valence-corrected chi connectivity index (χ4v) is 6.72. The molecule has 2 aromatic carbocycles. The zero-order valence-electron chi connectivity index (χ0n) is 22.5. The number of hydrogen-bond donors (Lipinski definition) is 1. The summed E-state index contributed by atoms with van der Waals surface area (Å²) in [6, 6.07) is 27.0. The van der Waals surface area contributed by atoms with Gasteiger partial charge in [-0.3, -0.25) is 4.79 Å². The molecule has 1 N–H and O–H groups in total. The third-order valence-corrected chi connectivity index (χ3v) is 9.19. The zero-order chi connectivity index (χ0) is 26.9. The third kappa shape index (κ3) is 7.17. The topological polar surface area (TPSA) is 44.8 Å². The molecule has 1 fully saturated rings. The van der Waals surface area contributed by atoms with Crippen LogP contribution in [0.5, 0.6) is 5.75 Å². The highest BCUT2D eigenvalue weighted by Gasteiger charge is 2.30. The van der Waals surface area contributed by atoms with E-state index in [1.54, 1.807) is 11.3 Å². The number of ether oxygens (including phenoxy) is 1. The van der Waals surface area contributed by atoms with Gasteiger partial charge in [0.05, 0.1) is 4.88 Å². The molecular weight excluding hydrogens is 523 g/mol. The Hall–Kier alpha value is -2.97. The Morgan fingerprint density at radius 1 is 0.974 bits per heavy atom. The van der Waals surface area contributed by atoms with Crippen molar-refractivity contribution in [1.82, 2.24) is 10.2 Å². The molecular formula is C32H37N3O2S2. The molecule has 1 aliphatic heterocycles. The number of amides is 1. The maximum absolute atomic E-state index is 13.5. The van der Waals surface area contributed by atoms with E-state index in [1.807, 2.05) is 47.7 Å². The van der Waals surface area contributed by atoms with Crippen LogP contribution in [0.15, 0.2) is 89.6 Å². The standard InChI is InChI=1S/C32H37N3O2S2/c1-33-19-15-29(30-13-7-23-38-30)37-28-12-6-5-9-25(28)16-20-34-21-17-27(18-22-34)35(26-10-3-2-4-11-26)32(36)31-14-8-24-39-31/h2-14,23-24,27,29,33H,15-22H2,1H3. The van der Waals surface area contributed by atoms with E-state index >= 15 is 0 Å². The van der Waals surface area contributed by atoms with Crippen molar-refractivity contribution in [2.24, 2.45) is 0 Å². The Morgan fingerprint density at radius 2 is 1.72 bits per heavy atom. The van der Waals surface area contributed by atoms with Gasteiger partial charge in [0.25, 0.3) is 5.91 Å². The van der Waals surface area contributed by atoms with Gasteiger partial charge in [0.15, 0.2) is 0 Å². The van der Waals surface area contributed by atoms with E-state index in [4.69, 9.17) is 4.74 Å². The molecule has 1 amide bonds. The Bertz CT molecular complexity index is 1270. The molecule has 0 aliphatic carbocycles. The summed E-state index contributed by atoms with van der Waals surface area (Å²) in [6.45, 7) is 3.86. The highest BCUT2D eigenvalue weighted by atomic mass is 32.1. The maximum atomic E-state index is 13.5. The molecule has 3 heterocycles. The predicted octanol–water partition coefficient (Wildman–Crippen LogP) is 6.89. The van der Waals surface area contributed by atoms with Gasteiger partial charge in [-0.05, 0) is 79.5 Å². The van der Waals surface area contributed by atoms with Crippen molar-refractivity contribution in [2.45, 2.75) is 37.8 Å². The highest BCUT2D eigenvalue weighted by molar-refractivity contribution is 7.12. The van der Waals surface area contributed by atoms with Crippen molar-refractivity contribution in [2.75, 3.05) is 38.1 Å². The van der Waals surface area contributed by atoms with Crippen LogP contribution in [-0.4, -0.2) is 50.1 Å². The van der Waals surface area contributed by atoms with Crippen LogP contribution in [0.3, 0.4) is 0 Å². The first kappa shape index (κ1) is 27.6. The van der Waals surface area contributed by atoms with Crippen molar-refractivity contribution in [3.05, 3.63) is 105 Å². The molecule has 0 saturated carbocycles. The van der Waals surface area contributed by atoms with Crippen molar-refractivity contribution in [3.63, 3.8) is 0 Å². The van der Waals surface area contributed by atoms with Gasteiger partial charge in [-0.2, -0.15) is 0 Å². The number of thiophene rings is 2. The second kappa shape index (κ2) is 13.9. The van der Waals surface area contributed by atoms with E-state index in [2.05, 4.69) is 64.1 Å². The normalized spacial score (nSPS) is 15.2. The van der Waals surface area contributed by atoms with E-state index in [1.165, 1.54) is 21.8 Å². The number of nitrogens with one attached hydrogen (secondary N) is 1. The smallest absolute Gasteiger partial charge is 0.268 e. The van der Waals surface area contributed by atoms with Crippen molar-refractivity contribution in [3.8, 4) is 5.75 Å². The predicted molar refractivity (Wildman–Crippen MR) is 163 cm³/mol. The van der Waals surface area contributed by atoms with Gasteiger partial charge in [-0.25, -0.2) is 0 Å². The van der Waals surface area contributed by atoms with Crippen LogP contribution < -0.4 is 15.0 Å².